The van der Waals surface area contributed by atoms with Gasteiger partial charge in [-0.25, -0.2) is 9.37 Å². The molecule has 0 bridgehead atoms. The second kappa shape index (κ2) is 6.83. The summed E-state index contributed by atoms with van der Waals surface area (Å²) in [4.78, 5) is 29.9. The number of aryl methyl sites for hydroxylation is 3. The number of anilines is 1. The van der Waals surface area contributed by atoms with E-state index in [1.54, 1.807) is 19.1 Å². The lowest BCUT2D eigenvalue weighted by Crippen LogP contribution is -2.29. The number of thiophene rings is 1. The molecule has 2 heterocycles. The summed E-state index contributed by atoms with van der Waals surface area (Å²) in [5.74, 6) is -0.349. The van der Waals surface area contributed by atoms with E-state index in [0.717, 1.165) is 11.1 Å². The van der Waals surface area contributed by atoms with Crippen LogP contribution in [0.4, 0.5) is 10.1 Å². The zero-order valence-electron chi connectivity index (χ0n) is 15.7. The lowest BCUT2D eigenvalue weighted by Gasteiger charge is -2.11. The van der Waals surface area contributed by atoms with Crippen molar-refractivity contribution in [2.75, 3.05) is 5.32 Å². The topological polar surface area (TPSA) is 64.0 Å². The maximum atomic E-state index is 14.2. The van der Waals surface area contributed by atoms with Crippen LogP contribution in [0.2, 0.25) is 0 Å². The van der Waals surface area contributed by atoms with Crippen LogP contribution in [0.3, 0.4) is 0 Å². The normalized spacial score (nSPS) is 11.3. The van der Waals surface area contributed by atoms with Gasteiger partial charge >= 0.3 is 0 Å². The summed E-state index contributed by atoms with van der Waals surface area (Å²) in [6, 6.07) is 10.4. The Kier molecular flexibility index (Phi) is 4.47. The van der Waals surface area contributed by atoms with Gasteiger partial charge in [-0.15, -0.1) is 11.3 Å². The van der Waals surface area contributed by atoms with E-state index in [9.17, 15) is 14.0 Å². The third-order valence-electron chi connectivity index (χ3n) is 4.84. The number of aromatic nitrogens is 2. The number of nitrogens with zero attached hydrogens (tertiary/aromatic N) is 2. The number of hydrogen-bond donors (Lipinski definition) is 1. The molecule has 0 saturated heterocycles. The maximum absolute atomic E-state index is 14.2. The third-order valence-corrected chi connectivity index (χ3v) is 5.97. The molecule has 0 saturated carbocycles. The van der Waals surface area contributed by atoms with Gasteiger partial charge in [0.05, 0.1) is 10.9 Å². The van der Waals surface area contributed by atoms with E-state index in [-0.39, 0.29) is 18.0 Å². The van der Waals surface area contributed by atoms with Crippen LogP contribution in [0.5, 0.6) is 0 Å². The van der Waals surface area contributed by atoms with Crippen molar-refractivity contribution in [1.82, 2.24) is 9.55 Å². The molecular weight excluding hydrogens is 377 g/mol. The monoisotopic (exact) mass is 395 g/mol. The van der Waals surface area contributed by atoms with E-state index >= 15 is 0 Å². The van der Waals surface area contributed by atoms with Gasteiger partial charge in [0.15, 0.2) is 0 Å². The van der Waals surface area contributed by atoms with Crippen molar-refractivity contribution in [1.29, 1.82) is 0 Å². The minimum absolute atomic E-state index is 0.155. The summed E-state index contributed by atoms with van der Waals surface area (Å²) in [6.07, 6.45) is 0. The Hall–Kier alpha value is -3.06. The minimum Gasteiger partial charge on any atom is -0.325 e. The molecule has 0 unspecified atom stereocenters. The molecule has 0 atom stereocenters. The van der Waals surface area contributed by atoms with Crippen LogP contribution in [0.15, 0.2) is 41.2 Å². The summed E-state index contributed by atoms with van der Waals surface area (Å²) >= 11 is 1.19. The van der Waals surface area contributed by atoms with E-state index in [2.05, 4.69) is 10.3 Å². The van der Waals surface area contributed by atoms with E-state index in [1.807, 2.05) is 32.0 Å². The Morgan fingerprint density at radius 1 is 1.18 bits per heavy atom. The second-order valence-electron chi connectivity index (χ2n) is 6.79. The van der Waals surface area contributed by atoms with Crippen molar-refractivity contribution < 1.29 is 9.18 Å². The quantitative estimate of drug-likeness (QED) is 0.562. The molecule has 7 heteroatoms. The molecule has 5 nitrogen and oxygen atoms in total. The first-order valence-electron chi connectivity index (χ1n) is 8.80. The van der Waals surface area contributed by atoms with E-state index < -0.39 is 5.82 Å². The van der Waals surface area contributed by atoms with Gasteiger partial charge in [-0.2, -0.15) is 0 Å². The number of nitrogens with one attached hydrogen (secondary N) is 1. The predicted molar refractivity (Wildman–Crippen MR) is 111 cm³/mol. The van der Waals surface area contributed by atoms with Crippen LogP contribution < -0.4 is 10.9 Å². The Morgan fingerprint density at radius 3 is 2.71 bits per heavy atom. The molecule has 0 spiro atoms. The van der Waals surface area contributed by atoms with Crippen LogP contribution in [-0.2, 0) is 11.3 Å². The average Bonchev–Trinajstić information content (AvgIpc) is 3.02. The Balaban J connectivity index is 1.71. The number of carbonyl (C=O) groups excluding carboxylic acids is 1. The molecule has 0 aliphatic heterocycles. The van der Waals surface area contributed by atoms with Gasteiger partial charge in [0.1, 0.15) is 22.9 Å². The fourth-order valence-corrected chi connectivity index (χ4v) is 4.29. The zero-order valence-corrected chi connectivity index (χ0v) is 16.5. The number of rotatable bonds is 3. The van der Waals surface area contributed by atoms with E-state index in [0.29, 0.717) is 31.8 Å². The molecule has 4 aromatic rings. The van der Waals surface area contributed by atoms with Crippen LogP contribution in [0.1, 0.15) is 17.0 Å². The highest BCUT2D eigenvalue weighted by molar-refractivity contribution is 7.25. The van der Waals surface area contributed by atoms with Crippen molar-refractivity contribution in [2.24, 2.45) is 0 Å². The summed E-state index contributed by atoms with van der Waals surface area (Å²) in [7, 11) is 0. The number of halogens is 1. The molecule has 0 fully saturated rings. The molecule has 4 rings (SSSR count). The molecule has 0 radical (unpaired) electrons. The van der Waals surface area contributed by atoms with Gasteiger partial charge in [0.2, 0.25) is 5.91 Å². The highest BCUT2D eigenvalue weighted by atomic mass is 32.1. The van der Waals surface area contributed by atoms with Crippen molar-refractivity contribution >= 4 is 43.2 Å². The molecule has 0 aliphatic rings. The van der Waals surface area contributed by atoms with Gasteiger partial charge in [-0.05, 0) is 56.2 Å². The van der Waals surface area contributed by atoms with Crippen LogP contribution in [0.25, 0.3) is 20.3 Å². The fourth-order valence-electron chi connectivity index (χ4n) is 3.18. The minimum atomic E-state index is -0.403. The van der Waals surface area contributed by atoms with E-state index in [1.165, 1.54) is 22.0 Å². The molecule has 2 aromatic heterocycles. The standard InChI is InChI=1S/C21H18FN3O2S/c1-11-7-8-14(9-12(11)2)24-17(26)10-25-13(3)23-19-18-15(22)5-4-6-16(18)28-20(19)21(25)27/h4-9H,10H2,1-3H3,(H,24,26). The van der Waals surface area contributed by atoms with Crippen LogP contribution >= 0.6 is 11.3 Å². The van der Waals surface area contributed by atoms with Crippen molar-refractivity contribution in [3.8, 4) is 0 Å². The summed E-state index contributed by atoms with van der Waals surface area (Å²) < 4.78 is 16.6. The van der Waals surface area contributed by atoms with Gasteiger partial charge in [0.25, 0.3) is 5.56 Å². The Morgan fingerprint density at radius 2 is 1.96 bits per heavy atom. The van der Waals surface area contributed by atoms with Gasteiger partial charge < -0.3 is 5.32 Å². The number of hydrogen-bond acceptors (Lipinski definition) is 4. The number of fused-ring (bicyclic) bond motifs is 3. The average molecular weight is 395 g/mol. The lowest BCUT2D eigenvalue weighted by atomic mass is 10.1. The molecule has 2 aromatic carbocycles. The molecule has 142 valence electrons. The van der Waals surface area contributed by atoms with Crippen LogP contribution in [-0.4, -0.2) is 15.5 Å². The SMILES string of the molecule is Cc1ccc(NC(=O)Cn2c(C)nc3c(sc4cccc(F)c43)c2=O)cc1C. The first-order valence-corrected chi connectivity index (χ1v) is 9.62. The summed E-state index contributed by atoms with van der Waals surface area (Å²) in [6.45, 7) is 5.46. The third kappa shape index (κ3) is 3.07. The largest absolute Gasteiger partial charge is 0.325 e. The number of amides is 1. The fraction of sp³-hybridized carbons (Fsp3) is 0.190. The van der Waals surface area contributed by atoms with Gasteiger partial charge in [-0.3, -0.25) is 14.2 Å². The first kappa shape index (κ1) is 18.3. The second-order valence-corrected chi connectivity index (χ2v) is 7.84. The molecule has 1 N–H and O–H groups in total. The smallest absolute Gasteiger partial charge is 0.272 e. The highest BCUT2D eigenvalue weighted by Gasteiger charge is 2.18. The van der Waals surface area contributed by atoms with Crippen molar-refractivity contribution in [3.05, 3.63) is 69.5 Å². The first-order chi connectivity index (χ1) is 13.3. The number of benzene rings is 2. The Labute approximate surface area is 164 Å². The molecule has 28 heavy (non-hydrogen) atoms. The summed E-state index contributed by atoms with van der Waals surface area (Å²) in [5, 5.41) is 3.17. The molecule has 1 amide bonds. The van der Waals surface area contributed by atoms with E-state index in [4.69, 9.17) is 0 Å². The molecular formula is C21H18FN3O2S. The van der Waals surface area contributed by atoms with Crippen LogP contribution in [0, 0.1) is 26.6 Å². The highest BCUT2D eigenvalue weighted by Crippen LogP contribution is 2.32. The van der Waals surface area contributed by atoms with Crippen molar-refractivity contribution in [2.45, 2.75) is 27.3 Å². The number of carbonyl (C=O) groups is 1. The summed E-state index contributed by atoms with van der Waals surface area (Å²) in [5.41, 5.74) is 2.90. The predicted octanol–water partition coefficient (Wildman–Crippen LogP) is 4.31. The lowest BCUT2D eigenvalue weighted by molar-refractivity contribution is -0.116. The zero-order chi connectivity index (χ0) is 20.0. The van der Waals surface area contributed by atoms with Crippen molar-refractivity contribution in [3.63, 3.8) is 0 Å². The Bertz CT molecular complexity index is 1310. The maximum Gasteiger partial charge on any atom is 0.272 e. The molecule has 0 aliphatic carbocycles. The van der Waals surface area contributed by atoms with Gasteiger partial charge in [-0.1, -0.05) is 12.1 Å². The van der Waals surface area contributed by atoms with Gasteiger partial charge in [0, 0.05) is 10.4 Å².